The van der Waals surface area contributed by atoms with Gasteiger partial charge in [0, 0.05) is 22.4 Å². The molecule has 5 aromatic carbocycles. The van der Waals surface area contributed by atoms with E-state index in [1.807, 2.05) is 84.9 Å². The van der Waals surface area contributed by atoms with Crippen molar-refractivity contribution in [3.63, 3.8) is 0 Å². The highest BCUT2D eigenvalue weighted by Crippen LogP contribution is 2.41. The first-order chi connectivity index (χ1) is 16.7. The van der Waals surface area contributed by atoms with Gasteiger partial charge in [0.05, 0.1) is 7.11 Å². The molecule has 0 aliphatic carbocycles. The van der Waals surface area contributed by atoms with Crippen molar-refractivity contribution in [2.45, 2.75) is 0 Å². The monoisotopic (exact) mass is 446 g/mol. The molecule has 0 aliphatic heterocycles. The van der Waals surface area contributed by atoms with Crippen LogP contribution >= 0.6 is 0 Å². The molecule has 0 heterocycles. The van der Waals surface area contributed by atoms with E-state index < -0.39 is 5.97 Å². The molecule has 0 fully saturated rings. The molecule has 0 unspecified atom stereocenters. The van der Waals surface area contributed by atoms with Crippen LogP contribution in [0.25, 0.3) is 38.7 Å². The van der Waals surface area contributed by atoms with Crippen molar-refractivity contribution in [2.75, 3.05) is 7.11 Å². The minimum atomic E-state index is -0.492. The van der Waals surface area contributed by atoms with Crippen LogP contribution in [0.3, 0.4) is 0 Å². The third kappa shape index (κ3) is 3.97. The molecule has 166 valence electrons. The van der Waals surface area contributed by atoms with E-state index in [0.717, 1.165) is 38.2 Å². The van der Waals surface area contributed by atoms with Gasteiger partial charge in [-0.2, -0.15) is 0 Å². The van der Waals surface area contributed by atoms with E-state index in [4.69, 9.17) is 9.47 Å². The number of methoxy groups -OCH3 is 1. The number of aromatic hydroxyl groups is 1. The Bertz CT molecular complexity index is 1540. The second kappa shape index (κ2) is 9.12. The van der Waals surface area contributed by atoms with Crippen molar-refractivity contribution < 1.29 is 19.4 Å². The summed E-state index contributed by atoms with van der Waals surface area (Å²) in [7, 11) is 1.59. The summed E-state index contributed by atoms with van der Waals surface area (Å²) in [6, 6.07) is 30.4. The van der Waals surface area contributed by atoms with Crippen molar-refractivity contribution >= 4 is 33.6 Å². The number of rotatable bonds is 5. The molecule has 0 aromatic heterocycles. The van der Waals surface area contributed by atoms with E-state index in [-0.39, 0.29) is 5.75 Å². The Morgan fingerprint density at radius 1 is 0.706 bits per heavy atom. The highest BCUT2D eigenvalue weighted by molar-refractivity contribution is 6.10. The van der Waals surface area contributed by atoms with Crippen LogP contribution in [0.15, 0.2) is 103 Å². The molecule has 0 spiro atoms. The molecule has 0 saturated heterocycles. The molecule has 0 saturated carbocycles. The van der Waals surface area contributed by atoms with Gasteiger partial charge in [0.25, 0.3) is 0 Å². The summed E-state index contributed by atoms with van der Waals surface area (Å²) in [6.45, 7) is 0. The number of hydrogen-bond donors (Lipinski definition) is 1. The van der Waals surface area contributed by atoms with Crippen molar-refractivity contribution in [1.82, 2.24) is 0 Å². The number of carbonyl (C=O) groups is 1. The highest BCUT2D eigenvalue weighted by Gasteiger charge is 2.15. The topological polar surface area (TPSA) is 55.8 Å². The minimum Gasteiger partial charge on any atom is -0.507 e. The van der Waals surface area contributed by atoms with Crippen molar-refractivity contribution in [1.29, 1.82) is 0 Å². The van der Waals surface area contributed by atoms with E-state index >= 15 is 0 Å². The van der Waals surface area contributed by atoms with Gasteiger partial charge in [-0.1, -0.05) is 78.9 Å². The number of phenolic OH excluding ortho intramolecular Hbond substituents is 1. The van der Waals surface area contributed by atoms with Crippen LogP contribution < -0.4 is 9.47 Å². The Morgan fingerprint density at radius 2 is 1.29 bits per heavy atom. The molecule has 5 aromatic rings. The second-order valence-corrected chi connectivity index (χ2v) is 7.84. The summed E-state index contributed by atoms with van der Waals surface area (Å²) in [5.74, 6) is 0.846. The van der Waals surface area contributed by atoms with Crippen LogP contribution in [0.1, 0.15) is 5.56 Å². The SMILES string of the molecule is COc1ccccc1/C=C/C(=O)Oc1cccc2cccc(-c3cccc4cccc(O)c34)c12. The Hall–Kier alpha value is -4.57. The molecular weight excluding hydrogens is 424 g/mol. The normalized spacial score (nSPS) is 11.2. The maximum atomic E-state index is 12.8. The van der Waals surface area contributed by atoms with Gasteiger partial charge in [-0.3, -0.25) is 0 Å². The van der Waals surface area contributed by atoms with Gasteiger partial charge >= 0.3 is 5.97 Å². The van der Waals surface area contributed by atoms with Gasteiger partial charge in [-0.25, -0.2) is 4.79 Å². The van der Waals surface area contributed by atoms with Crippen LogP contribution in [-0.2, 0) is 4.79 Å². The first kappa shape index (κ1) is 21.3. The Morgan fingerprint density at radius 3 is 2.03 bits per heavy atom. The van der Waals surface area contributed by atoms with Crippen LogP contribution in [-0.4, -0.2) is 18.2 Å². The van der Waals surface area contributed by atoms with Crippen LogP contribution in [0.4, 0.5) is 0 Å². The molecule has 0 amide bonds. The van der Waals surface area contributed by atoms with Crippen molar-refractivity contribution in [2.24, 2.45) is 0 Å². The number of fused-ring (bicyclic) bond motifs is 2. The summed E-state index contributed by atoms with van der Waals surface area (Å²) in [4.78, 5) is 12.8. The standard InChI is InChI=1S/C30H22O4/c1-33-26-16-3-2-8-20(26)18-19-28(32)34-27-17-7-12-22-10-5-14-24(30(22)27)23-13-4-9-21-11-6-15-25(31)29(21)23/h2-19,31H,1H3/b19-18+. The number of phenols is 1. The van der Waals surface area contributed by atoms with E-state index in [2.05, 4.69) is 0 Å². The molecule has 0 bridgehead atoms. The number of esters is 1. The predicted octanol–water partition coefficient (Wildman–Crippen LogP) is 6.99. The lowest BCUT2D eigenvalue weighted by Gasteiger charge is -2.14. The van der Waals surface area contributed by atoms with E-state index in [1.165, 1.54) is 6.08 Å². The lowest BCUT2D eigenvalue weighted by atomic mass is 9.93. The number of hydrogen-bond acceptors (Lipinski definition) is 4. The lowest BCUT2D eigenvalue weighted by Crippen LogP contribution is -2.04. The summed E-state index contributed by atoms with van der Waals surface area (Å²) in [5, 5.41) is 14.0. The average Bonchev–Trinajstić information content (AvgIpc) is 2.87. The van der Waals surface area contributed by atoms with Gasteiger partial charge in [0.15, 0.2) is 0 Å². The zero-order chi connectivity index (χ0) is 23.5. The first-order valence-corrected chi connectivity index (χ1v) is 10.9. The number of carbonyl (C=O) groups excluding carboxylic acids is 1. The molecule has 4 heteroatoms. The summed E-state index contributed by atoms with van der Waals surface area (Å²) in [5.41, 5.74) is 2.53. The Labute approximate surface area is 197 Å². The van der Waals surface area contributed by atoms with Gasteiger partial charge in [0.1, 0.15) is 17.2 Å². The molecule has 0 atom stereocenters. The van der Waals surface area contributed by atoms with Crippen LogP contribution in [0.5, 0.6) is 17.2 Å². The largest absolute Gasteiger partial charge is 0.507 e. The Balaban J connectivity index is 1.58. The van der Waals surface area contributed by atoms with Gasteiger partial charge in [0.2, 0.25) is 0 Å². The first-order valence-electron chi connectivity index (χ1n) is 10.9. The third-order valence-electron chi connectivity index (χ3n) is 5.79. The lowest BCUT2D eigenvalue weighted by molar-refractivity contribution is -0.128. The van der Waals surface area contributed by atoms with E-state index in [9.17, 15) is 9.90 Å². The quantitative estimate of drug-likeness (QED) is 0.180. The fourth-order valence-corrected chi connectivity index (χ4v) is 4.27. The molecule has 34 heavy (non-hydrogen) atoms. The zero-order valence-corrected chi connectivity index (χ0v) is 18.6. The Kier molecular flexibility index (Phi) is 5.71. The molecule has 0 radical (unpaired) electrons. The fraction of sp³-hybridized carbons (Fsp3) is 0.0333. The molecule has 5 rings (SSSR count). The van der Waals surface area contributed by atoms with Gasteiger partial charge in [-0.15, -0.1) is 0 Å². The molecule has 4 nitrogen and oxygen atoms in total. The zero-order valence-electron chi connectivity index (χ0n) is 18.6. The van der Waals surface area contributed by atoms with Crippen molar-refractivity contribution in [3.8, 4) is 28.4 Å². The fourth-order valence-electron chi connectivity index (χ4n) is 4.27. The maximum absolute atomic E-state index is 12.8. The molecule has 0 aliphatic rings. The highest BCUT2D eigenvalue weighted by atomic mass is 16.5. The number of para-hydroxylation sites is 1. The second-order valence-electron chi connectivity index (χ2n) is 7.84. The van der Waals surface area contributed by atoms with E-state index in [0.29, 0.717) is 11.5 Å². The smallest absolute Gasteiger partial charge is 0.336 e. The minimum absolute atomic E-state index is 0.208. The van der Waals surface area contributed by atoms with Crippen LogP contribution in [0, 0.1) is 0 Å². The van der Waals surface area contributed by atoms with E-state index in [1.54, 1.807) is 25.3 Å². The summed E-state index contributed by atoms with van der Waals surface area (Å²) >= 11 is 0. The maximum Gasteiger partial charge on any atom is 0.336 e. The summed E-state index contributed by atoms with van der Waals surface area (Å²) in [6.07, 6.45) is 3.07. The molecular formula is C30H22O4. The van der Waals surface area contributed by atoms with Gasteiger partial charge < -0.3 is 14.6 Å². The van der Waals surface area contributed by atoms with Crippen LogP contribution in [0.2, 0.25) is 0 Å². The third-order valence-corrected chi connectivity index (χ3v) is 5.79. The average molecular weight is 447 g/mol. The van der Waals surface area contributed by atoms with Crippen molar-refractivity contribution in [3.05, 3.63) is 109 Å². The summed E-state index contributed by atoms with van der Waals surface area (Å²) < 4.78 is 11.1. The van der Waals surface area contributed by atoms with Gasteiger partial charge in [-0.05, 0) is 46.2 Å². The number of benzene rings is 5. The molecule has 1 N–H and O–H groups in total. The predicted molar refractivity (Wildman–Crippen MR) is 136 cm³/mol. The number of ether oxygens (including phenoxy) is 2.